The zero-order valence-corrected chi connectivity index (χ0v) is 12.0. The number of aromatic hydroxyl groups is 1. The Morgan fingerprint density at radius 2 is 1.47 bits per heavy atom. The molecule has 0 unspecified atom stereocenters. The molecule has 0 fully saturated rings. The average molecular weight is 292 g/mol. The average Bonchev–Trinajstić information content (AvgIpc) is 2.13. The zero-order valence-electron chi connectivity index (χ0n) is 12.0. The van der Waals surface area contributed by atoms with Crippen LogP contribution in [0.3, 0.4) is 0 Å². The number of hydrogen-bond acceptors (Lipinski definition) is 2. The summed E-state index contributed by atoms with van der Waals surface area (Å²) in [6.45, 7) is 12.0. The summed E-state index contributed by atoms with van der Waals surface area (Å²) >= 11 is 0. The Balaban J connectivity index is 0.00000324. The van der Waals surface area contributed by atoms with Crippen LogP contribution in [0.15, 0.2) is 12.1 Å². The van der Waals surface area contributed by atoms with Crippen LogP contribution in [0.2, 0.25) is 0 Å². The third-order valence-corrected chi connectivity index (χ3v) is 3.01. The molecule has 0 atom stereocenters. The molecule has 0 radical (unpaired) electrons. The number of phenols is 1. The molecule has 0 amide bonds. The molecule has 0 saturated carbocycles. The van der Waals surface area contributed by atoms with Gasteiger partial charge in [-0.25, -0.2) is 4.79 Å². The predicted octanol–water partition coefficient (Wildman–Crippen LogP) is 2.77. The maximum atomic E-state index is 11.2. The minimum absolute atomic E-state index is 0. The Bertz CT molecular complexity index is 479. The summed E-state index contributed by atoms with van der Waals surface area (Å²) in [7, 11) is 0. The van der Waals surface area contributed by atoms with Crippen molar-refractivity contribution in [3.63, 3.8) is 0 Å². The zero-order chi connectivity index (χ0) is 14.3. The van der Waals surface area contributed by atoms with E-state index >= 15 is 0 Å². The number of rotatable bonds is 1. The Kier molecular flexibility index (Phi) is 5.95. The summed E-state index contributed by atoms with van der Waals surface area (Å²) in [6.07, 6.45) is 0. The van der Waals surface area contributed by atoms with Crippen LogP contribution in [-0.4, -0.2) is 53.9 Å². The first-order chi connectivity index (χ1) is 7.94. The summed E-state index contributed by atoms with van der Waals surface area (Å²) < 4.78 is 0. The fourth-order valence-electron chi connectivity index (χ4n) is 1.80. The van der Waals surface area contributed by atoms with Crippen LogP contribution in [-0.2, 0) is 10.8 Å². The van der Waals surface area contributed by atoms with Gasteiger partial charge >= 0.3 is 43.7 Å². The quantitative estimate of drug-likeness (QED) is 0.783. The maximum absolute atomic E-state index is 11.2. The van der Waals surface area contributed by atoms with Gasteiger partial charge in [0.2, 0.25) is 0 Å². The van der Waals surface area contributed by atoms with Crippen molar-refractivity contribution in [2.75, 3.05) is 0 Å². The van der Waals surface area contributed by atoms with E-state index in [-0.39, 0.29) is 59.9 Å². The molecular formula is C15H24CaO3. The first kappa shape index (κ1) is 18.7. The second-order valence-electron chi connectivity index (χ2n) is 6.73. The van der Waals surface area contributed by atoms with Crippen LogP contribution in [0.1, 0.15) is 63.0 Å². The van der Waals surface area contributed by atoms with Crippen LogP contribution in [0, 0.1) is 0 Å². The molecule has 0 aromatic heterocycles. The first-order valence-electron chi connectivity index (χ1n) is 6.06. The predicted molar refractivity (Wildman–Crippen MR) is 81.0 cm³/mol. The number of benzene rings is 1. The fourth-order valence-corrected chi connectivity index (χ4v) is 1.80. The molecule has 0 heterocycles. The summed E-state index contributed by atoms with van der Waals surface area (Å²) in [6, 6.07) is 3.47. The van der Waals surface area contributed by atoms with Crippen molar-refractivity contribution in [1.82, 2.24) is 0 Å². The SMILES string of the molecule is CC(C)(C)c1cc(C(=O)O)c(O)c(C(C)(C)C)c1.[CaH2]. The Hall–Kier alpha value is -0.250. The molecule has 104 valence electrons. The van der Waals surface area contributed by atoms with Crippen molar-refractivity contribution in [3.8, 4) is 5.75 Å². The van der Waals surface area contributed by atoms with E-state index in [9.17, 15) is 15.0 Å². The van der Waals surface area contributed by atoms with Crippen LogP contribution >= 0.6 is 0 Å². The van der Waals surface area contributed by atoms with Gasteiger partial charge in [-0.05, 0) is 22.5 Å². The Morgan fingerprint density at radius 1 is 1.00 bits per heavy atom. The van der Waals surface area contributed by atoms with Crippen molar-refractivity contribution >= 4 is 43.7 Å². The molecule has 3 nitrogen and oxygen atoms in total. The molecule has 1 aromatic carbocycles. The van der Waals surface area contributed by atoms with Gasteiger partial charge in [-0.3, -0.25) is 0 Å². The molecule has 0 aliphatic carbocycles. The molecule has 0 spiro atoms. The summed E-state index contributed by atoms with van der Waals surface area (Å²) in [4.78, 5) is 11.2. The summed E-state index contributed by atoms with van der Waals surface area (Å²) in [5.74, 6) is -1.22. The van der Waals surface area contributed by atoms with Gasteiger partial charge in [-0.2, -0.15) is 0 Å². The standard InChI is InChI=1S/C15H22O3.Ca.2H/c1-14(2,3)9-7-10(13(17)18)12(16)11(8-9)15(4,5)6;;;/h7-8,16H,1-6H3,(H,17,18);;;. The van der Waals surface area contributed by atoms with E-state index in [0.29, 0.717) is 5.56 Å². The van der Waals surface area contributed by atoms with Gasteiger partial charge in [0, 0.05) is 5.56 Å². The summed E-state index contributed by atoms with van der Waals surface area (Å²) in [5, 5.41) is 19.3. The third kappa shape index (κ3) is 4.37. The van der Waals surface area contributed by atoms with Crippen molar-refractivity contribution < 1.29 is 15.0 Å². The van der Waals surface area contributed by atoms with Gasteiger partial charge in [-0.15, -0.1) is 0 Å². The van der Waals surface area contributed by atoms with Gasteiger partial charge < -0.3 is 10.2 Å². The van der Waals surface area contributed by atoms with E-state index in [1.165, 1.54) is 0 Å². The minimum atomic E-state index is -1.09. The molecule has 0 aliphatic rings. The number of carbonyl (C=O) groups is 1. The molecule has 4 heteroatoms. The van der Waals surface area contributed by atoms with Gasteiger partial charge in [0.05, 0.1) is 0 Å². The molecule has 1 rings (SSSR count). The Morgan fingerprint density at radius 3 is 1.79 bits per heavy atom. The van der Waals surface area contributed by atoms with Crippen molar-refractivity contribution in [2.24, 2.45) is 0 Å². The van der Waals surface area contributed by atoms with Gasteiger partial charge in [0.25, 0.3) is 0 Å². The topological polar surface area (TPSA) is 57.5 Å². The van der Waals surface area contributed by atoms with Crippen LogP contribution < -0.4 is 0 Å². The number of carboxylic acids is 1. The molecule has 0 saturated heterocycles. The van der Waals surface area contributed by atoms with E-state index in [2.05, 4.69) is 0 Å². The van der Waals surface area contributed by atoms with E-state index in [1.807, 2.05) is 47.6 Å². The van der Waals surface area contributed by atoms with Gasteiger partial charge in [0.1, 0.15) is 11.3 Å². The van der Waals surface area contributed by atoms with Gasteiger partial charge in [0.15, 0.2) is 0 Å². The van der Waals surface area contributed by atoms with Crippen molar-refractivity contribution in [3.05, 3.63) is 28.8 Å². The van der Waals surface area contributed by atoms with E-state index in [0.717, 1.165) is 5.56 Å². The number of aromatic carboxylic acids is 1. The third-order valence-electron chi connectivity index (χ3n) is 3.01. The second kappa shape index (κ2) is 6.02. The Labute approximate surface area is 145 Å². The van der Waals surface area contributed by atoms with Crippen LogP contribution in [0.25, 0.3) is 0 Å². The van der Waals surface area contributed by atoms with E-state index < -0.39 is 5.97 Å². The number of hydrogen-bond donors (Lipinski definition) is 2. The fraction of sp³-hybridized carbons (Fsp3) is 0.533. The van der Waals surface area contributed by atoms with Crippen LogP contribution in [0.5, 0.6) is 5.75 Å². The first-order valence-corrected chi connectivity index (χ1v) is 6.06. The van der Waals surface area contributed by atoms with E-state index in [1.54, 1.807) is 6.07 Å². The monoisotopic (exact) mass is 292 g/mol. The molecule has 0 aliphatic heterocycles. The molecule has 2 N–H and O–H groups in total. The molecule has 19 heavy (non-hydrogen) atoms. The molecule has 1 aromatic rings. The van der Waals surface area contributed by atoms with Gasteiger partial charge in [-0.1, -0.05) is 47.6 Å². The second-order valence-corrected chi connectivity index (χ2v) is 6.73. The molecular weight excluding hydrogens is 268 g/mol. The van der Waals surface area contributed by atoms with E-state index in [4.69, 9.17) is 0 Å². The van der Waals surface area contributed by atoms with Crippen LogP contribution in [0.4, 0.5) is 0 Å². The van der Waals surface area contributed by atoms with Crippen molar-refractivity contribution in [2.45, 2.75) is 52.4 Å². The summed E-state index contributed by atoms with van der Waals surface area (Å²) in [5.41, 5.74) is 1.12. The van der Waals surface area contributed by atoms with Crippen molar-refractivity contribution in [1.29, 1.82) is 0 Å². The molecule has 0 bridgehead atoms. The number of carboxylic acid groups (broad SMARTS) is 1. The normalized spacial score (nSPS) is 11.9.